The van der Waals surface area contributed by atoms with E-state index in [1.807, 2.05) is 32.9 Å². The lowest BCUT2D eigenvalue weighted by atomic mass is 9.98. The summed E-state index contributed by atoms with van der Waals surface area (Å²) < 4.78 is 58.3. The molecule has 0 aromatic heterocycles. The standard InChI is InChI=1S/C31H32O5S2/c1-22(2)24-8-16-28(17-9-24)38(34,35)30-20-12-26(13-21-30)36-31(4,5)25-10-18-29(19-11-25)37(32,33)27-14-6-23(3)7-15-27/h6-22H,1-5H3. The molecule has 7 heteroatoms. The Morgan fingerprint density at radius 3 is 1.37 bits per heavy atom. The second-order valence-electron chi connectivity index (χ2n) is 10.2. The predicted molar refractivity (Wildman–Crippen MR) is 149 cm³/mol. The summed E-state index contributed by atoms with van der Waals surface area (Å²) in [6, 6.07) is 26.7. The SMILES string of the molecule is Cc1ccc(S(=O)(=O)c2ccc(C(C)(C)Oc3ccc(S(=O)(=O)c4ccc(C(C)C)cc4)cc3)cc2)cc1. The van der Waals surface area contributed by atoms with Gasteiger partial charge < -0.3 is 4.74 Å². The van der Waals surface area contributed by atoms with Gasteiger partial charge in [-0.05, 0) is 98.5 Å². The maximum Gasteiger partial charge on any atom is 0.206 e. The third kappa shape index (κ3) is 5.69. The van der Waals surface area contributed by atoms with E-state index in [-0.39, 0.29) is 19.6 Å². The third-order valence-electron chi connectivity index (χ3n) is 6.56. The van der Waals surface area contributed by atoms with E-state index in [4.69, 9.17) is 4.74 Å². The zero-order chi connectivity index (χ0) is 27.7. The molecule has 0 aliphatic carbocycles. The molecule has 0 unspecified atom stereocenters. The van der Waals surface area contributed by atoms with Crippen LogP contribution in [0, 0.1) is 6.92 Å². The third-order valence-corrected chi connectivity index (χ3v) is 10.1. The molecule has 0 atom stereocenters. The van der Waals surface area contributed by atoms with Crippen LogP contribution < -0.4 is 4.74 Å². The van der Waals surface area contributed by atoms with Gasteiger partial charge in [0.15, 0.2) is 0 Å². The highest BCUT2D eigenvalue weighted by atomic mass is 32.2. The van der Waals surface area contributed by atoms with Crippen LogP contribution in [0.1, 0.15) is 50.3 Å². The normalized spacial score (nSPS) is 12.5. The van der Waals surface area contributed by atoms with Gasteiger partial charge in [-0.1, -0.05) is 55.8 Å². The van der Waals surface area contributed by atoms with Crippen molar-refractivity contribution in [2.75, 3.05) is 0 Å². The van der Waals surface area contributed by atoms with Crippen LogP contribution in [0.2, 0.25) is 0 Å². The van der Waals surface area contributed by atoms with Gasteiger partial charge >= 0.3 is 0 Å². The summed E-state index contributed by atoms with van der Waals surface area (Å²) in [5.74, 6) is 0.820. The van der Waals surface area contributed by atoms with Crippen molar-refractivity contribution in [2.45, 2.75) is 65.7 Å². The van der Waals surface area contributed by atoms with Gasteiger partial charge in [0.25, 0.3) is 0 Å². The minimum atomic E-state index is -3.65. The smallest absolute Gasteiger partial charge is 0.206 e. The molecule has 0 aliphatic heterocycles. The summed E-state index contributed by atoms with van der Waals surface area (Å²) in [7, 11) is -7.27. The molecule has 0 saturated heterocycles. The average Bonchev–Trinajstić information content (AvgIpc) is 2.89. The van der Waals surface area contributed by atoms with E-state index in [0.29, 0.717) is 11.7 Å². The van der Waals surface area contributed by atoms with E-state index in [1.54, 1.807) is 72.8 Å². The van der Waals surface area contributed by atoms with Crippen LogP contribution in [0.25, 0.3) is 0 Å². The summed E-state index contributed by atoms with van der Waals surface area (Å²) >= 11 is 0. The lowest BCUT2D eigenvalue weighted by Crippen LogP contribution is -2.25. The van der Waals surface area contributed by atoms with Crippen molar-refractivity contribution in [2.24, 2.45) is 0 Å². The Kier molecular flexibility index (Phi) is 7.55. The minimum Gasteiger partial charge on any atom is -0.483 e. The second kappa shape index (κ2) is 10.4. The Labute approximate surface area is 226 Å². The summed E-state index contributed by atoms with van der Waals surface area (Å²) in [4.78, 5) is 0.886. The van der Waals surface area contributed by atoms with Crippen molar-refractivity contribution < 1.29 is 21.6 Å². The molecule has 198 valence electrons. The van der Waals surface area contributed by atoms with E-state index in [1.165, 1.54) is 12.1 Å². The van der Waals surface area contributed by atoms with Crippen LogP contribution in [-0.4, -0.2) is 16.8 Å². The van der Waals surface area contributed by atoms with Gasteiger partial charge in [0.2, 0.25) is 19.7 Å². The molecule has 0 aliphatic rings. The highest BCUT2D eigenvalue weighted by Crippen LogP contribution is 2.31. The molecule has 0 radical (unpaired) electrons. The van der Waals surface area contributed by atoms with Crippen molar-refractivity contribution in [3.05, 3.63) is 114 Å². The zero-order valence-corrected chi connectivity index (χ0v) is 23.8. The zero-order valence-electron chi connectivity index (χ0n) is 22.2. The van der Waals surface area contributed by atoms with Crippen molar-refractivity contribution in [3.63, 3.8) is 0 Å². The Balaban J connectivity index is 1.51. The van der Waals surface area contributed by atoms with Gasteiger partial charge in [-0.25, -0.2) is 16.8 Å². The molecule has 4 aromatic carbocycles. The van der Waals surface area contributed by atoms with Gasteiger partial charge in [0.1, 0.15) is 11.4 Å². The number of rotatable bonds is 8. The molecule has 0 bridgehead atoms. The fourth-order valence-electron chi connectivity index (χ4n) is 4.10. The van der Waals surface area contributed by atoms with E-state index in [0.717, 1.165) is 16.7 Å². The van der Waals surface area contributed by atoms with Gasteiger partial charge in [-0.15, -0.1) is 0 Å². The van der Waals surface area contributed by atoms with Gasteiger partial charge in [-0.3, -0.25) is 0 Å². The number of benzene rings is 4. The van der Waals surface area contributed by atoms with E-state index < -0.39 is 25.3 Å². The van der Waals surface area contributed by atoms with Crippen LogP contribution >= 0.6 is 0 Å². The maximum absolute atomic E-state index is 13.1. The first-order chi connectivity index (χ1) is 17.8. The first-order valence-corrected chi connectivity index (χ1v) is 15.3. The molecule has 5 nitrogen and oxygen atoms in total. The van der Waals surface area contributed by atoms with Gasteiger partial charge in [0.05, 0.1) is 19.6 Å². The summed E-state index contributed by atoms with van der Waals surface area (Å²) in [6.07, 6.45) is 0. The number of hydrogen-bond donors (Lipinski definition) is 0. The van der Waals surface area contributed by atoms with Crippen LogP contribution in [0.3, 0.4) is 0 Å². The van der Waals surface area contributed by atoms with Crippen molar-refractivity contribution in [1.29, 1.82) is 0 Å². The first kappa shape index (κ1) is 27.6. The molecule has 4 rings (SSSR count). The Morgan fingerprint density at radius 2 is 0.947 bits per heavy atom. The topological polar surface area (TPSA) is 77.5 Å². The van der Waals surface area contributed by atoms with Gasteiger partial charge in [-0.2, -0.15) is 0 Å². The highest BCUT2D eigenvalue weighted by Gasteiger charge is 2.25. The molecule has 0 amide bonds. The van der Waals surface area contributed by atoms with Crippen LogP contribution in [0.5, 0.6) is 5.75 Å². The van der Waals surface area contributed by atoms with E-state index in [9.17, 15) is 16.8 Å². The average molecular weight is 549 g/mol. The molecule has 0 saturated carbocycles. The number of aryl methyl sites for hydroxylation is 1. The lowest BCUT2D eigenvalue weighted by Gasteiger charge is -2.27. The molecule has 0 fully saturated rings. The summed E-state index contributed by atoms with van der Waals surface area (Å²) in [5, 5.41) is 0. The fraction of sp³-hybridized carbons (Fsp3) is 0.226. The predicted octanol–water partition coefficient (Wildman–Crippen LogP) is 7.10. The maximum atomic E-state index is 13.1. The second-order valence-corrected chi connectivity index (χ2v) is 14.1. The van der Waals surface area contributed by atoms with Crippen molar-refractivity contribution in [3.8, 4) is 5.75 Å². The largest absolute Gasteiger partial charge is 0.483 e. The quantitative estimate of drug-likeness (QED) is 0.235. The van der Waals surface area contributed by atoms with E-state index >= 15 is 0 Å². The van der Waals surface area contributed by atoms with Crippen LogP contribution in [-0.2, 0) is 25.3 Å². The minimum absolute atomic E-state index is 0.186. The van der Waals surface area contributed by atoms with E-state index in [2.05, 4.69) is 13.8 Å². The lowest BCUT2D eigenvalue weighted by molar-refractivity contribution is 0.108. The molecule has 38 heavy (non-hydrogen) atoms. The molecule has 0 heterocycles. The monoisotopic (exact) mass is 548 g/mol. The fourth-order valence-corrected chi connectivity index (χ4v) is 6.62. The number of ether oxygens (including phenoxy) is 1. The van der Waals surface area contributed by atoms with Crippen molar-refractivity contribution >= 4 is 19.7 Å². The van der Waals surface area contributed by atoms with Crippen LogP contribution in [0.15, 0.2) is 117 Å². The Bertz CT molecular complexity index is 1620. The molecule has 4 aromatic rings. The molecular formula is C31H32O5S2. The molecular weight excluding hydrogens is 516 g/mol. The summed E-state index contributed by atoms with van der Waals surface area (Å²) in [5.41, 5.74) is 2.06. The Hall–Kier alpha value is -3.42. The molecule has 0 spiro atoms. The summed E-state index contributed by atoms with van der Waals surface area (Å²) in [6.45, 7) is 9.77. The number of sulfone groups is 2. The Morgan fingerprint density at radius 1 is 0.579 bits per heavy atom. The van der Waals surface area contributed by atoms with Crippen molar-refractivity contribution in [1.82, 2.24) is 0 Å². The highest BCUT2D eigenvalue weighted by molar-refractivity contribution is 7.91. The molecule has 0 N–H and O–H groups in total. The van der Waals surface area contributed by atoms with Crippen LogP contribution in [0.4, 0.5) is 0 Å². The number of hydrogen-bond acceptors (Lipinski definition) is 5. The first-order valence-electron chi connectivity index (χ1n) is 12.4. The van der Waals surface area contributed by atoms with Gasteiger partial charge in [0, 0.05) is 0 Å².